The molecule has 0 unspecified atom stereocenters. The fraction of sp³-hybridized carbons (Fsp3) is 0.250. The first-order chi connectivity index (χ1) is 16.1. The van der Waals surface area contributed by atoms with E-state index in [4.69, 9.17) is 0 Å². The van der Waals surface area contributed by atoms with E-state index in [0.717, 1.165) is 35.0 Å². The molecule has 3 heterocycles. The minimum Gasteiger partial charge on any atom is -0.361 e. The number of anilines is 2. The van der Waals surface area contributed by atoms with Crippen LogP contribution in [0.4, 0.5) is 11.8 Å². The first-order valence-electron chi connectivity index (χ1n) is 10.8. The average Bonchev–Trinajstić information content (AvgIpc) is 3.69. The zero-order valence-corrected chi connectivity index (χ0v) is 18.3. The molecule has 164 valence electrons. The van der Waals surface area contributed by atoms with Gasteiger partial charge in [-0.15, -0.1) is 0 Å². The largest absolute Gasteiger partial charge is 0.361 e. The van der Waals surface area contributed by atoms with Crippen LogP contribution in [0.15, 0.2) is 53.7 Å². The Morgan fingerprint density at radius 1 is 1.21 bits per heavy atom. The third kappa shape index (κ3) is 3.76. The molecular formula is C24H22N8O. The fourth-order valence-electron chi connectivity index (χ4n) is 4.10. The summed E-state index contributed by atoms with van der Waals surface area (Å²) in [4.78, 5) is 22.3. The number of hydrogen-bond donors (Lipinski definition) is 2. The lowest BCUT2D eigenvalue weighted by Gasteiger charge is -2.22. The number of hydrogen-bond acceptors (Lipinski definition) is 8. The van der Waals surface area contributed by atoms with Gasteiger partial charge in [0.05, 0.1) is 30.0 Å². The maximum Gasteiger partial charge on any atom is 0.259 e. The number of rotatable bonds is 6. The quantitative estimate of drug-likeness (QED) is 0.468. The highest BCUT2D eigenvalue weighted by atomic mass is 16.1. The van der Waals surface area contributed by atoms with Crippen molar-refractivity contribution in [2.75, 3.05) is 17.7 Å². The molecule has 9 nitrogen and oxygen atoms in total. The number of nitrogens with one attached hydrogen (secondary N) is 2. The van der Waals surface area contributed by atoms with Gasteiger partial charge in [-0.2, -0.15) is 20.4 Å². The first kappa shape index (κ1) is 20.6. The number of nitriles is 1. The third-order valence-corrected chi connectivity index (χ3v) is 5.85. The van der Waals surface area contributed by atoms with Crippen molar-refractivity contribution in [3.05, 3.63) is 70.5 Å². The molecule has 0 bridgehead atoms. The van der Waals surface area contributed by atoms with E-state index in [1.54, 1.807) is 19.4 Å². The second kappa shape index (κ2) is 8.31. The van der Waals surface area contributed by atoms with E-state index in [1.807, 2.05) is 35.8 Å². The average molecular weight is 438 g/mol. The molecule has 0 aliphatic heterocycles. The monoisotopic (exact) mass is 438 g/mol. The molecule has 0 saturated heterocycles. The van der Waals surface area contributed by atoms with E-state index in [1.165, 1.54) is 6.20 Å². The normalized spacial score (nSPS) is 14.0. The first-order valence-corrected chi connectivity index (χ1v) is 10.8. The van der Waals surface area contributed by atoms with Gasteiger partial charge in [0.1, 0.15) is 17.5 Å². The summed E-state index contributed by atoms with van der Waals surface area (Å²) in [6.07, 6.45) is 6.71. The highest BCUT2D eigenvalue weighted by Gasteiger charge is 2.30. The van der Waals surface area contributed by atoms with Gasteiger partial charge in [-0.1, -0.05) is 18.2 Å². The van der Waals surface area contributed by atoms with Crippen LogP contribution in [-0.4, -0.2) is 31.8 Å². The van der Waals surface area contributed by atoms with Crippen molar-refractivity contribution < 1.29 is 0 Å². The van der Waals surface area contributed by atoms with E-state index in [2.05, 4.69) is 42.9 Å². The summed E-state index contributed by atoms with van der Waals surface area (Å²) in [6, 6.07) is 11.8. The molecular weight excluding hydrogens is 416 g/mol. The molecule has 1 atom stereocenters. The molecule has 0 radical (unpaired) electrons. The Morgan fingerprint density at radius 2 is 2.06 bits per heavy atom. The summed E-state index contributed by atoms with van der Waals surface area (Å²) in [5, 5.41) is 25.1. The molecule has 4 aromatic rings. The van der Waals surface area contributed by atoms with Gasteiger partial charge in [0.25, 0.3) is 5.56 Å². The van der Waals surface area contributed by atoms with Crippen molar-refractivity contribution in [1.82, 2.24) is 24.7 Å². The van der Waals surface area contributed by atoms with Gasteiger partial charge in [0.2, 0.25) is 5.95 Å². The van der Waals surface area contributed by atoms with Crippen LogP contribution in [0.2, 0.25) is 0 Å². The zero-order valence-electron chi connectivity index (χ0n) is 18.3. The molecule has 2 N–H and O–H groups in total. The van der Waals surface area contributed by atoms with Crippen LogP contribution in [0.1, 0.15) is 43.1 Å². The molecule has 5 rings (SSSR count). The van der Waals surface area contributed by atoms with Crippen LogP contribution >= 0.6 is 0 Å². The van der Waals surface area contributed by atoms with E-state index < -0.39 is 0 Å². The van der Waals surface area contributed by atoms with Crippen LogP contribution in [0.3, 0.4) is 0 Å². The molecule has 1 fully saturated rings. The Kier molecular flexibility index (Phi) is 5.18. The predicted molar refractivity (Wildman–Crippen MR) is 126 cm³/mol. The molecule has 33 heavy (non-hydrogen) atoms. The Hall–Kier alpha value is -4.32. The molecule has 0 amide bonds. The van der Waals surface area contributed by atoms with Crippen LogP contribution in [0, 0.1) is 11.3 Å². The summed E-state index contributed by atoms with van der Waals surface area (Å²) in [5.41, 5.74) is 2.87. The summed E-state index contributed by atoms with van der Waals surface area (Å²) in [6.45, 7) is 1.97. The maximum absolute atomic E-state index is 13.8. The van der Waals surface area contributed by atoms with Crippen LogP contribution in [-0.2, 0) is 0 Å². The van der Waals surface area contributed by atoms with Gasteiger partial charge in [-0.25, -0.2) is 4.98 Å². The number of fused-ring (bicyclic) bond motifs is 1. The summed E-state index contributed by atoms with van der Waals surface area (Å²) >= 11 is 0. The molecule has 1 saturated carbocycles. The Morgan fingerprint density at radius 3 is 2.76 bits per heavy atom. The third-order valence-electron chi connectivity index (χ3n) is 5.85. The van der Waals surface area contributed by atoms with Crippen molar-refractivity contribution in [3.63, 3.8) is 0 Å². The lowest BCUT2D eigenvalue weighted by atomic mass is 9.99. The standard InChI is InChI=1S/C24H22N8O/c1-14(30-22-17(11-25)12-27-24(26-2)31-22)20-10-15-4-3-5-19(16-8-9-28-29-13-16)21(15)23(33)32(20)18-6-7-18/h3-5,8-10,12-14,18H,6-7H2,1-2H3,(H2,26,27,30,31)/t14-/m0/s1. The van der Waals surface area contributed by atoms with Gasteiger partial charge < -0.3 is 15.2 Å². The Balaban J connectivity index is 1.65. The van der Waals surface area contributed by atoms with E-state index in [9.17, 15) is 10.1 Å². The molecule has 1 aromatic carbocycles. The highest BCUT2D eigenvalue weighted by Crippen LogP contribution is 2.38. The van der Waals surface area contributed by atoms with Gasteiger partial charge >= 0.3 is 0 Å². The van der Waals surface area contributed by atoms with Crippen LogP contribution < -0.4 is 16.2 Å². The minimum absolute atomic E-state index is 0.0230. The van der Waals surface area contributed by atoms with Gasteiger partial charge in [0, 0.05) is 24.3 Å². The number of benzene rings is 1. The molecule has 3 aromatic heterocycles. The number of nitrogens with zero attached hydrogens (tertiary/aromatic N) is 6. The summed E-state index contributed by atoms with van der Waals surface area (Å²) in [7, 11) is 1.72. The van der Waals surface area contributed by atoms with Crippen molar-refractivity contribution in [2.24, 2.45) is 0 Å². The van der Waals surface area contributed by atoms with Crippen LogP contribution in [0.25, 0.3) is 21.9 Å². The highest BCUT2D eigenvalue weighted by molar-refractivity contribution is 5.96. The lowest BCUT2D eigenvalue weighted by Crippen LogP contribution is -2.26. The van der Waals surface area contributed by atoms with Gasteiger partial charge in [-0.05, 0) is 42.8 Å². The summed E-state index contributed by atoms with van der Waals surface area (Å²) in [5.74, 6) is 0.841. The topological polar surface area (TPSA) is 121 Å². The van der Waals surface area contributed by atoms with E-state index >= 15 is 0 Å². The Bertz CT molecular complexity index is 1440. The van der Waals surface area contributed by atoms with Crippen LogP contribution in [0.5, 0.6) is 0 Å². The predicted octanol–water partition coefficient (Wildman–Crippen LogP) is 3.67. The van der Waals surface area contributed by atoms with Gasteiger partial charge in [0.15, 0.2) is 0 Å². The lowest BCUT2D eigenvalue weighted by molar-refractivity contribution is 0.636. The fourth-order valence-corrected chi connectivity index (χ4v) is 4.10. The Labute approximate surface area is 190 Å². The molecule has 9 heteroatoms. The zero-order chi connectivity index (χ0) is 22.9. The van der Waals surface area contributed by atoms with E-state index in [-0.39, 0.29) is 17.6 Å². The SMILES string of the molecule is CNc1ncc(C#N)c(N[C@@H](C)c2cc3cccc(-c4ccnnc4)c3c(=O)n2C2CC2)n1. The van der Waals surface area contributed by atoms with Gasteiger partial charge in [-0.3, -0.25) is 4.79 Å². The van der Waals surface area contributed by atoms with Crippen molar-refractivity contribution in [1.29, 1.82) is 5.26 Å². The molecule has 0 spiro atoms. The molecule has 1 aliphatic carbocycles. The van der Waals surface area contributed by atoms with Crippen molar-refractivity contribution >= 4 is 22.5 Å². The number of pyridine rings is 1. The summed E-state index contributed by atoms with van der Waals surface area (Å²) < 4.78 is 1.89. The van der Waals surface area contributed by atoms with Crippen molar-refractivity contribution in [3.8, 4) is 17.2 Å². The minimum atomic E-state index is -0.263. The second-order valence-electron chi connectivity index (χ2n) is 8.06. The maximum atomic E-state index is 13.8. The number of aromatic nitrogens is 5. The smallest absolute Gasteiger partial charge is 0.259 e. The molecule has 1 aliphatic rings. The second-order valence-corrected chi connectivity index (χ2v) is 8.06. The van der Waals surface area contributed by atoms with Crippen molar-refractivity contribution in [2.45, 2.75) is 31.8 Å². The van der Waals surface area contributed by atoms with E-state index in [0.29, 0.717) is 22.7 Å².